The molecule has 8 N–H and O–H groups in total. The molecule has 0 aliphatic carbocycles. The Labute approximate surface area is 688 Å². The predicted octanol–water partition coefficient (Wildman–Crippen LogP) is -2.52. The monoisotopic (exact) mass is 1670 g/mol. The molecule has 117 heavy (non-hydrogen) atoms. The van der Waals surface area contributed by atoms with Gasteiger partial charge in [-0.1, -0.05) is 29.5 Å². The van der Waals surface area contributed by atoms with Gasteiger partial charge in [-0.05, 0) is 37.4 Å². The van der Waals surface area contributed by atoms with Crippen molar-refractivity contribution >= 4 is 47.4 Å². The van der Waals surface area contributed by atoms with E-state index in [0.29, 0.717) is 269 Å². The molecule has 0 radical (unpaired) electrons. The average Bonchev–Trinajstić information content (AvgIpc) is 1.77. The van der Waals surface area contributed by atoms with Crippen LogP contribution in [0.1, 0.15) is 44.2 Å². The number of carbonyl (C=O) groups is 8. The minimum atomic E-state index is -1.03. The molecule has 1 aromatic heterocycles. The van der Waals surface area contributed by atoms with E-state index in [1.807, 2.05) is 46.5 Å². The Bertz CT molecular complexity index is 2860. The molecule has 3 aliphatic rings. The van der Waals surface area contributed by atoms with Crippen LogP contribution in [0.3, 0.4) is 0 Å². The Morgan fingerprint density at radius 1 is 0.333 bits per heavy atom. The number of carbonyl (C=O) groups excluding carboxylic acids is 5. The van der Waals surface area contributed by atoms with Crippen molar-refractivity contribution in [2.75, 3.05) is 336 Å². The molecule has 0 unspecified atom stereocenters. The highest BCUT2D eigenvalue weighted by molar-refractivity contribution is 5.78. The van der Waals surface area contributed by atoms with Crippen molar-refractivity contribution in [1.82, 2.24) is 75.9 Å². The second-order valence-electron chi connectivity index (χ2n) is 27.1. The SMILES string of the molecule is O=C(O)CN1CCN(CC(=O)O)CCN(CC(=O)NCCOCCOCCOCCOCCOCCOCCOCCn2cc(CN(CCC(=O)NCCOCCOCCOCCOCCC(=O)NCCCN3C=CC=CC3)CCC(=O)NCCOCCOCCOCCC(=O)NCCCN3C=CC=CC3)nn2)CCN(CC(=O)O)CC1. The smallest absolute Gasteiger partial charge is 0.317 e. The third-order valence-corrected chi connectivity index (χ3v) is 17.5. The molecule has 1 saturated heterocycles. The highest BCUT2D eigenvalue weighted by Gasteiger charge is 2.22. The first-order valence-corrected chi connectivity index (χ1v) is 40.9. The summed E-state index contributed by atoms with van der Waals surface area (Å²) in [4.78, 5) is 111. The fourth-order valence-corrected chi connectivity index (χ4v) is 11.3. The molecular formula is C77H135N15O25. The van der Waals surface area contributed by atoms with E-state index in [4.69, 9.17) is 66.3 Å². The molecule has 0 bridgehead atoms. The normalized spacial score (nSPS) is 14.6. The Kier molecular flexibility index (Phi) is 62.5. The van der Waals surface area contributed by atoms with E-state index >= 15 is 0 Å². The molecule has 0 saturated carbocycles. The summed E-state index contributed by atoms with van der Waals surface area (Å²) in [5, 5.41) is 51.4. The van der Waals surface area contributed by atoms with E-state index in [1.165, 1.54) is 0 Å². The summed E-state index contributed by atoms with van der Waals surface area (Å²) >= 11 is 0. The molecule has 1 fully saturated rings. The Hall–Kier alpha value is -7.30. The fourth-order valence-electron chi connectivity index (χ4n) is 11.3. The van der Waals surface area contributed by atoms with Crippen molar-refractivity contribution in [2.45, 2.75) is 51.6 Å². The van der Waals surface area contributed by atoms with Crippen LogP contribution in [0.25, 0.3) is 0 Å². The average molecular weight is 1670 g/mol. The van der Waals surface area contributed by atoms with Crippen LogP contribution in [0.2, 0.25) is 0 Å². The summed E-state index contributed by atoms with van der Waals surface area (Å²) in [7, 11) is 0. The van der Waals surface area contributed by atoms with E-state index in [9.17, 15) is 53.7 Å². The second-order valence-corrected chi connectivity index (χ2v) is 27.1. The number of aromatic nitrogens is 3. The van der Waals surface area contributed by atoms with E-state index < -0.39 is 17.9 Å². The van der Waals surface area contributed by atoms with E-state index in [2.05, 4.69) is 65.0 Å². The molecule has 668 valence electrons. The molecule has 4 heterocycles. The van der Waals surface area contributed by atoms with Crippen molar-refractivity contribution in [3.63, 3.8) is 0 Å². The quantitative estimate of drug-likeness (QED) is 0.0312. The van der Waals surface area contributed by atoms with Crippen molar-refractivity contribution in [1.29, 1.82) is 0 Å². The fraction of sp³-hybridized carbons (Fsp3) is 0.766. The zero-order chi connectivity index (χ0) is 83.7. The molecule has 0 atom stereocenters. The van der Waals surface area contributed by atoms with Crippen LogP contribution in [0.4, 0.5) is 0 Å². The number of amides is 5. The summed E-state index contributed by atoms with van der Waals surface area (Å²) in [6.45, 7) is 18.8. The lowest BCUT2D eigenvalue weighted by Gasteiger charge is -2.32. The zero-order valence-electron chi connectivity index (χ0n) is 68.7. The van der Waals surface area contributed by atoms with Gasteiger partial charge >= 0.3 is 17.9 Å². The van der Waals surface area contributed by atoms with Gasteiger partial charge in [-0.15, -0.1) is 5.10 Å². The maximum atomic E-state index is 13.0. The first-order chi connectivity index (χ1) is 57.2. The number of rotatable bonds is 75. The van der Waals surface area contributed by atoms with Gasteiger partial charge in [-0.2, -0.15) is 0 Å². The molecule has 40 heteroatoms. The molecule has 5 amide bonds. The molecule has 3 aliphatic heterocycles. The lowest BCUT2D eigenvalue weighted by Crippen LogP contribution is -2.50. The molecule has 40 nitrogen and oxygen atoms in total. The summed E-state index contributed by atoms with van der Waals surface area (Å²) < 4.78 is 80.1. The van der Waals surface area contributed by atoms with Crippen LogP contribution in [0, 0.1) is 0 Å². The van der Waals surface area contributed by atoms with Gasteiger partial charge in [0.15, 0.2) is 0 Å². The number of allylic oxidation sites excluding steroid dienone is 4. The number of carboxylic acid groups (broad SMARTS) is 3. The van der Waals surface area contributed by atoms with Crippen molar-refractivity contribution in [3.05, 3.63) is 60.7 Å². The van der Waals surface area contributed by atoms with Crippen molar-refractivity contribution in [3.8, 4) is 0 Å². The summed E-state index contributed by atoms with van der Waals surface area (Å²) in [6.07, 6.45) is 20.8. The third kappa shape index (κ3) is 61.6. The van der Waals surface area contributed by atoms with E-state index in [0.717, 1.165) is 39.0 Å². The van der Waals surface area contributed by atoms with Crippen LogP contribution >= 0.6 is 0 Å². The maximum absolute atomic E-state index is 13.0. The first-order valence-electron chi connectivity index (χ1n) is 40.9. The lowest BCUT2D eigenvalue weighted by atomic mass is 10.3. The number of nitrogens with one attached hydrogen (secondary N) is 5. The van der Waals surface area contributed by atoms with Crippen LogP contribution < -0.4 is 26.6 Å². The summed E-state index contributed by atoms with van der Waals surface area (Å²) in [5.74, 6) is -3.76. The number of nitrogens with zero attached hydrogens (tertiary/aromatic N) is 10. The van der Waals surface area contributed by atoms with Crippen LogP contribution in [0.15, 0.2) is 55.1 Å². The van der Waals surface area contributed by atoms with Gasteiger partial charge in [0.1, 0.15) is 0 Å². The van der Waals surface area contributed by atoms with Gasteiger partial charge in [0.2, 0.25) is 29.5 Å². The number of ether oxygens (including phenoxy) is 14. The first kappa shape index (κ1) is 102. The number of hydrogen-bond acceptors (Lipinski definition) is 31. The molecule has 0 spiro atoms. The van der Waals surface area contributed by atoms with Gasteiger partial charge in [0, 0.05) is 163 Å². The highest BCUT2D eigenvalue weighted by Crippen LogP contribution is 2.07. The number of aliphatic carboxylic acids is 3. The van der Waals surface area contributed by atoms with Gasteiger partial charge in [-0.3, -0.25) is 62.9 Å². The van der Waals surface area contributed by atoms with E-state index in [-0.39, 0.29) is 114 Å². The minimum absolute atomic E-state index is 0.0106. The molecule has 4 rings (SSSR count). The van der Waals surface area contributed by atoms with E-state index in [1.54, 1.807) is 19.4 Å². The Morgan fingerprint density at radius 3 is 0.949 bits per heavy atom. The van der Waals surface area contributed by atoms with Crippen LogP contribution in [0.5, 0.6) is 0 Å². The predicted molar refractivity (Wildman–Crippen MR) is 428 cm³/mol. The molecule has 1 aromatic rings. The largest absolute Gasteiger partial charge is 0.480 e. The maximum Gasteiger partial charge on any atom is 0.317 e. The van der Waals surface area contributed by atoms with Gasteiger partial charge in [0.05, 0.1) is 223 Å². The van der Waals surface area contributed by atoms with Gasteiger partial charge in [0.25, 0.3) is 0 Å². The van der Waals surface area contributed by atoms with Gasteiger partial charge < -0.3 is 118 Å². The molecule has 0 aromatic carbocycles. The summed E-state index contributed by atoms with van der Waals surface area (Å²) in [5.41, 5.74) is 0.661. The summed E-state index contributed by atoms with van der Waals surface area (Å²) in [6, 6.07) is 0. The number of hydrogen-bond donors (Lipinski definition) is 8. The van der Waals surface area contributed by atoms with Crippen LogP contribution in [-0.2, 0) is 118 Å². The van der Waals surface area contributed by atoms with Gasteiger partial charge in [-0.25, -0.2) is 4.68 Å². The second kappa shape index (κ2) is 71.6. The Balaban J connectivity index is 0.978. The standard InChI is InChI=1S/C77H135N15O25/c93-70(80-15-37-106-43-49-110-47-41-104-35-11-72(95)78-13-7-22-85-18-3-1-4-19-85)9-24-87(25-10-71(94)81-16-38-107-44-50-112-54-53-111-48-42-105-36-12-73(96)79-14-8-23-86-20-5-2-6-21-86)63-69-64-92(84-83-69)34-40-109-46-52-114-56-58-116-60-62-117-61-59-115-57-55-113-51-45-108-39-17-82-74(97)65-88-26-28-89(66-75(98)99)30-32-91(68-77(102)103)33-31-90(29-27-88)67-76(100)101/h1-6,18,20,64H,7-17,19,21-63,65-68H2,(H,78,95)(H,79,96)(H,80,93)(H,81,94)(H,82,97)(H,98,99)(H,100,101)(H,102,103). The highest BCUT2D eigenvalue weighted by atomic mass is 16.6. The topological polar surface area (TPSA) is 440 Å². The van der Waals surface area contributed by atoms with Crippen molar-refractivity contribution in [2.24, 2.45) is 0 Å². The third-order valence-electron chi connectivity index (χ3n) is 17.5. The Morgan fingerprint density at radius 2 is 0.624 bits per heavy atom. The molecular weight excluding hydrogens is 1530 g/mol. The lowest BCUT2D eigenvalue weighted by molar-refractivity contribution is -0.140. The minimum Gasteiger partial charge on any atom is -0.480 e. The zero-order valence-corrected chi connectivity index (χ0v) is 68.7. The van der Waals surface area contributed by atoms with Crippen LogP contribution in [-0.4, -0.2) is 448 Å². The number of carboxylic acids is 3. The van der Waals surface area contributed by atoms with Crippen molar-refractivity contribution < 1.29 is 120 Å².